The third-order valence-electron chi connectivity index (χ3n) is 2.54. The molecule has 2 nitrogen and oxygen atoms in total. The predicted octanol–water partition coefficient (Wildman–Crippen LogP) is 3.68. The molecule has 0 amide bonds. The second kappa shape index (κ2) is 3.82. The molecule has 3 aromatic rings. The second-order valence-electron chi connectivity index (χ2n) is 3.72. The van der Waals surface area contributed by atoms with Crippen LogP contribution in [-0.2, 0) is 0 Å². The molecule has 0 radical (unpaired) electrons. The predicted molar refractivity (Wildman–Crippen MR) is 69.4 cm³/mol. The average Bonchev–Trinajstić information content (AvgIpc) is 2.75. The molecule has 1 aromatic heterocycles. The van der Waals surface area contributed by atoms with Gasteiger partial charge in [-0.05, 0) is 36.4 Å². The van der Waals surface area contributed by atoms with E-state index in [1.807, 2.05) is 18.2 Å². The van der Waals surface area contributed by atoms with Crippen molar-refractivity contribution in [1.82, 2.24) is 4.98 Å². The number of benzene rings is 2. The fraction of sp³-hybridized carbons (Fsp3) is 0. The smallest absolute Gasteiger partial charge is 0.124 e. The summed E-state index contributed by atoms with van der Waals surface area (Å²) in [6.07, 6.45) is 0. The van der Waals surface area contributed by atoms with Crippen molar-refractivity contribution >= 4 is 27.2 Å². The van der Waals surface area contributed by atoms with Gasteiger partial charge in [0.25, 0.3) is 0 Å². The molecule has 3 rings (SSSR count). The van der Waals surface area contributed by atoms with Crippen LogP contribution in [0.1, 0.15) is 0 Å². The van der Waals surface area contributed by atoms with Crippen LogP contribution in [0.15, 0.2) is 42.5 Å². The van der Waals surface area contributed by atoms with Gasteiger partial charge in [0.15, 0.2) is 0 Å². The number of nitrogen functional groups attached to an aromatic ring is 1. The lowest BCUT2D eigenvalue weighted by molar-refractivity contribution is 0.628. The summed E-state index contributed by atoms with van der Waals surface area (Å²) in [7, 11) is 0. The quantitative estimate of drug-likeness (QED) is 0.663. The number of nitrogens with two attached hydrogens (primary N) is 1. The Labute approximate surface area is 102 Å². The van der Waals surface area contributed by atoms with Gasteiger partial charge in [-0.2, -0.15) is 0 Å². The van der Waals surface area contributed by atoms with Crippen LogP contribution in [0.5, 0.6) is 0 Å². The number of anilines is 1. The van der Waals surface area contributed by atoms with Crippen molar-refractivity contribution < 1.29 is 4.39 Å². The van der Waals surface area contributed by atoms with Crippen molar-refractivity contribution in [3.05, 3.63) is 48.3 Å². The standard InChI is InChI=1S/C13H9FN2S/c14-9-6-4-8(5-7-9)13-16-11-3-1-2-10(15)12(11)17-13/h1-7H,15H2. The van der Waals surface area contributed by atoms with E-state index in [1.54, 1.807) is 12.1 Å². The monoisotopic (exact) mass is 244 g/mol. The van der Waals surface area contributed by atoms with E-state index >= 15 is 0 Å². The van der Waals surface area contributed by atoms with Crippen molar-refractivity contribution in [3.63, 3.8) is 0 Å². The highest BCUT2D eigenvalue weighted by molar-refractivity contribution is 7.22. The maximum absolute atomic E-state index is 12.8. The van der Waals surface area contributed by atoms with Crippen molar-refractivity contribution in [2.24, 2.45) is 0 Å². The van der Waals surface area contributed by atoms with E-state index in [1.165, 1.54) is 23.5 Å². The van der Waals surface area contributed by atoms with E-state index in [-0.39, 0.29) is 5.82 Å². The Bertz CT molecular complexity index is 673. The Morgan fingerprint density at radius 1 is 1.06 bits per heavy atom. The summed E-state index contributed by atoms with van der Waals surface area (Å²) in [5, 5.41) is 0.859. The van der Waals surface area contributed by atoms with Crippen molar-refractivity contribution in [2.45, 2.75) is 0 Å². The highest BCUT2D eigenvalue weighted by Crippen LogP contribution is 2.33. The number of thiazole rings is 1. The summed E-state index contributed by atoms with van der Waals surface area (Å²) in [4.78, 5) is 4.49. The Morgan fingerprint density at radius 2 is 1.82 bits per heavy atom. The zero-order valence-corrected chi connectivity index (χ0v) is 9.67. The van der Waals surface area contributed by atoms with E-state index in [0.717, 1.165) is 26.5 Å². The van der Waals surface area contributed by atoms with Crippen LogP contribution >= 0.6 is 11.3 Å². The van der Waals surface area contributed by atoms with Gasteiger partial charge in [0, 0.05) is 5.56 Å². The molecule has 0 bridgehead atoms. The van der Waals surface area contributed by atoms with Gasteiger partial charge in [0.2, 0.25) is 0 Å². The van der Waals surface area contributed by atoms with Crippen molar-refractivity contribution in [1.29, 1.82) is 0 Å². The highest BCUT2D eigenvalue weighted by Gasteiger charge is 2.07. The SMILES string of the molecule is Nc1cccc2nc(-c3ccc(F)cc3)sc12. The fourth-order valence-corrected chi connectivity index (χ4v) is 2.68. The maximum Gasteiger partial charge on any atom is 0.124 e. The molecule has 17 heavy (non-hydrogen) atoms. The molecule has 0 aliphatic heterocycles. The Hall–Kier alpha value is -1.94. The van der Waals surface area contributed by atoms with Gasteiger partial charge in [0.1, 0.15) is 10.8 Å². The van der Waals surface area contributed by atoms with Crippen LogP contribution in [0.2, 0.25) is 0 Å². The molecular weight excluding hydrogens is 235 g/mol. The number of hydrogen-bond acceptors (Lipinski definition) is 3. The van der Waals surface area contributed by atoms with E-state index in [4.69, 9.17) is 5.73 Å². The largest absolute Gasteiger partial charge is 0.398 e. The summed E-state index contributed by atoms with van der Waals surface area (Å²) < 4.78 is 13.8. The third-order valence-corrected chi connectivity index (χ3v) is 3.71. The Morgan fingerprint density at radius 3 is 2.53 bits per heavy atom. The van der Waals surface area contributed by atoms with Crippen LogP contribution in [0.25, 0.3) is 20.8 Å². The van der Waals surface area contributed by atoms with Gasteiger partial charge in [-0.1, -0.05) is 6.07 Å². The van der Waals surface area contributed by atoms with Crippen LogP contribution in [-0.4, -0.2) is 4.98 Å². The summed E-state index contributed by atoms with van der Waals surface area (Å²) in [5.74, 6) is -0.241. The first-order chi connectivity index (χ1) is 8.24. The zero-order valence-electron chi connectivity index (χ0n) is 8.85. The van der Waals surface area contributed by atoms with Gasteiger partial charge in [-0.15, -0.1) is 11.3 Å². The van der Waals surface area contributed by atoms with Crippen LogP contribution in [0, 0.1) is 5.82 Å². The molecule has 84 valence electrons. The Kier molecular flexibility index (Phi) is 2.30. The van der Waals surface area contributed by atoms with Crippen LogP contribution < -0.4 is 5.73 Å². The number of hydrogen-bond donors (Lipinski definition) is 1. The number of rotatable bonds is 1. The van der Waals surface area contributed by atoms with Crippen LogP contribution in [0.3, 0.4) is 0 Å². The van der Waals surface area contributed by atoms with E-state index in [2.05, 4.69) is 4.98 Å². The molecule has 2 N–H and O–H groups in total. The summed E-state index contributed by atoms with van der Waals surface area (Å²) in [6, 6.07) is 12.0. The molecule has 4 heteroatoms. The Balaban J connectivity index is 2.18. The van der Waals surface area contributed by atoms with Gasteiger partial charge in [-0.25, -0.2) is 9.37 Å². The molecule has 0 fully saturated rings. The number of halogens is 1. The van der Waals surface area contributed by atoms with E-state index in [0.29, 0.717) is 0 Å². The molecule has 0 saturated carbocycles. The normalized spacial score (nSPS) is 10.9. The number of fused-ring (bicyclic) bond motifs is 1. The fourth-order valence-electron chi connectivity index (χ4n) is 1.69. The van der Waals surface area contributed by atoms with Gasteiger partial charge in [-0.3, -0.25) is 0 Å². The molecule has 0 atom stereocenters. The molecule has 0 aliphatic carbocycles. The minimum Gasteiger partial charge on any atom is -0.398 e. The second-order valence-corrected chi connectivity index (χ2v) is 4.72. The van der Waals surface area contributed by atoms with Gasteiger partial charge < -0.3 is 5.73 Å². The van der Waals surface area contributed by atoms with E-state index < -0.39 is 0 Å². The average molecular weight is 244 g/mol. The van der Waals surface area contributed by atoms with Crippen molar-refractivity contribution in [3.8, 4) is 10.6 Å². The number of aromatic nitrogens is 1. The van der Waals surface area contributed by atoms with Gasteiger partial charge in [0.05, 0.1) is 15.9 Å². The molecular formula is C13H9FN2S. The minimum atomic E-state index is -0.241. The molecule has 0 aliphatic rings. The molecule has 0 saturated heterocycles. The summed E-state index contributed by atoms with van der Waals surface area (Å²) >= 11 is 1.52. The molecule has 1 heterocycles. The number of nitrogens with zero attached hydrogens (tertiary/aromatic N) is 1. The first-order valence-electron chi connectivity index (χ1n) is 5.15. The maximum atomic E-state index is 12.8. The topological polar surface area (TPSA) is 38.9 Å². The molecule has 0 unspecified atom stereocenters. The third kappa shape index (κ3) is 1.76. The lowest BCUT2D eigenvalue weighted by atomic mass is 10.2. The molecule has 0 spiro atoms. The van der Waals surface area contributed by atoms with E-state index in [9.17, 15) is 4.39 Å². The summed E-state index contributed by atoms with van der Waals surface area (Å²) in [5.41, 5.74) is 8.41. The highest BCUT2D eigenvalue weighted by atomic mass is 32.1. The lowest BCUT2D eigenvalue weighted by Gasteiger charge is -1.94. The zero-order chi connectivity index (χ0) is 11.8. The summed E-state index contributed by atoms with van der Waals surface area (Å²) in [6.45, 7) is 0. The molecule has 2 aromatic carbocycles. The lowest BCUT2D eigenvalue weighted by Crippen LogP contribution is -1.82. The van der Waals surface area contributed by atoms with Crippen molar-refractivity contribution in [2.75, 3.05) is 5.73 Å². The minimum absolute atomic E-state index is 0.241. The first kappa shape index (κ1) is 10.2. The van der Waals surface area contributed by atoms with Crippen LogP contribution in [0.4, 0.5) is 10.1 Å². The van der Waals surface area contributed by atoms with Gasteiger partial charge >= 0.3 is 0 Å². The first-order valence-corrected chi connectivity index (χ1v) is 5.96.